The molecule has 1 atom stereocenters. The van der Waals surface area contributed by atoms with Crippen LogP contribution in [0.2, 0.25) is 0 Å². The molecule has 1 aliphatic rings. The molecular formula is C28H24N4O6. The van der Waals surface area contributed by atoms with Crippen molar-refractivity contribution in [1.82, 2.24) is 19.9 Å². The predicted octanol–water partition coefficient (Wildman–Crippen LogP) is 3.24. The van der Waals surface area contributed by atoms with Crippen molar-refractivity contribution in [2.75, 3.05) is 6.54 Å². The number of carboxylic acids is 1. The van der Waals surface area contributed by atoms with Gasteiger partial charge in [0.1, 0.15) is 5.82 Å². The van der Waals surface area contributed by atoms with Crippen LogP contribution < -0.4 is 11.0 Å². The largest absolute Gasteiger partial charge is 0.478 e. The fraction of sp³-hybridized carbons (Fsp3) is 0.179. The predicted molar refractivity (Wildman–Crippen MR) is 137 cm³/mol. The van der Waals surface area contributed by atoms with Crippen LogP contribution in [-0.4, -0.2) is 49.1 Å². The van der Waals surface area contributed by atoms with Crippen LogP contribution in [0.4, 0.5) is 0 Å². The van der Waals surface area contributed by atoms with Crippen molar-refractivity contribution in [3.8, 4) is 0 Å². The number of amides is 2. The van der Waals surface area contributed by atoms with Crippen LogP contribution >= 0.6 is 0 Å². The van der Waals surface area contributed by atoms with Gasteiger partial charge in [-0.15, -0.1) is 0 Å². The number of carbonyl (C=O) groups is 3. The third kappa shape index (κ3) is 4.64. The van der Waals surface area contributed by atoms with Gasteiger partial charge in [-0.2, -0.15) is 0 Å². The third-order valence-electron chi connectivity index (χ3n) is 6.74. The van der Waals surface area contributed by atoms with Crippen LogP contribution in [0.15, 0.2) is 77.6 Å². The molecule has 1 saturated heterocycles. The van der Waals surface area contributed by atoms with E-state index >= 15 is 0 Å². The molecule has 10 heteroatoms. The highest BCUT2D eigenvalue weighted by atomic mass is 16.5. The summed E-state index contributed by atoms with van der Waals surface area (Å²) >= 11 is 0. The molecule has 0 bridgehead atoms. The van der Waals surface area contributed by atoms with Crippen molar-refractivity contribution in [2.24, 2.45) is 0 Å². The van der Waals surface area contributed by atoms with Gasteiger partial charge in [0.2, 0.25) is 0 Å². The molecule has 3 N–H and O–H groups in total. The molecule has 0 radical (unpaired) electrons. The van der Waals surface area contributed by atoms with Gasteiger partial charge in [-0.1, -0.05) is 24.3 Å². The van der Waals surface area contributed by atoms with E-state index in [1.165, 1.54) is 24.3 Å². The molecule has 192 valence electrons. The molecule has 3 aromatic carbocycles. The molecule has 0 saturated carbocycles. The normalized spacial score (nSPS) is 15.0. The van der Waals surface area contributed by atoms with Crippen molar-refractivity contribution in [3.63, 3.8) is 0 Å². The summed E-state index contributed by atoms with van der Waals surface area (Å²) in [7, 11) is 0. The number of fused-ring (bicyclic) bond motifs is 1. The number of benzene rings is 3. The Morgan fingerprint density at radius 2 is 1.58 bits per heavy atom. The summed E-state index contributed by atoms with van der Waals surface area (Å²) in [5.74, 6) is -1.52. The van der Waals surface area contributed by atoms with Crippen LogP contribution in [0.3, 0.4) is 0 Å². The first-order valence-electron chi connectivity index (χ1n) is 12.0. The van der Waals surface area contributed by atoms with Crippen LogP contribution in [0.1, 0.15) is 61.3 Å². The van der Waals surface area contributed by atoms with Gasteiger partial charge >= 0.3 is 5.97 Å². The summed E-state index contributed by atoms with van der Waals surface area (Å²) in [5.41, 5.74) is 3.33. The zero-order chi connectivity index (χ0) is 26.8. The first-order chi connectivity index (χ1) is 18.4. The van der Waals surface area contributed by atoms with Gasteiger partial charge in [0.15, 0.2) is 0 Å². The maximum absolute atomic E-state index is 13.6. The second-order valence-electron chi connectivity index (χ2n) is 9.06. The van der Waals surface area contributed by atoms with E-state index in [2.05, 4.69) is 0 Å². The molecule has 0 spiro atoms. The molecule has 1 fully saturated rings. The first kappa shape index (κ1) is 24.8. The van der Waals surface area contributed by atoms with Crippen molar-refractivity contribution in [2.45, 2.75) is 25.4 Å². The summed E-state index contributed by atoms with van der Waals surface area (Å²) in [4.78, 5) is 56.5. The fourth-order valence-electron chi connectivity index (χ4n) is 4.80. The lowest BCUT2D eigenvalue weighted by Crippen LogP contribution is -2.36. The lowest BCUT2D eigenvalue weighted by Gasteiger charge is -2.27. The Morgan fingerprint density at radius 3 is 2.26 bits per heavy atom. The number of nitrogens with one attached hydrogen (secondary N) is 1. The molecule has 4 aromatic rings. The topological polar surface area (TPSA) is 142 Å². The number of para-hydroxylation sites is 1. The number of aromatic nitrogens is 2. The maximum Gasteiger partial charge on any atom is 0.335 e. The van der Waals surface area contributed by atoms with Crippen LogP contribution in [0.5, 0.6) is 0 Å². The quantitative estimate of drug-likeness (QED) is 0.266. The minimum Gasteiger partial charge on any atom is -0.478 e. The number of hydrogen-bond acceptors (Lipinski definition) is 6. The molecular weight excluding hydrogens is 488 g/mol. The Labute approximate surface area is 216 Å². The Bertz CT molecular complexity index is 1590. The number of carbonyl (C=O) groups excluding carboxylic acids is 2. The van der Waals surface area contributed by atoms with Gasteiger partial charge in [-0.05, 0) is 66.9 Å². The van der Waals surface area contributed by atoms with Crippen LogP contribution in [-0.2, 0) is 6.54 Å². The molecule has 0 aliphatic carbocycles. The Morgan fingerprint density at radius 1 is 0.921 bits per heavy atom. The molecule has 1 aromatic heterocycles. The number of hydroxylamine groups is 1. The second kappa shape index (κ2) is 10.3. The summed E-state index contributed by atoms with van der Waals surface area (Å²) in [6, 6.07) is 18.8. The molecule has 2 amide bonds. The number of rotatable bonds is 6. The number of aromatic carboxylic acids is 1. The van der Waals surface area contributed by atoms with E-state index in [1.54, 1.807) is 63.5 Å². The molecule has 2 heterocycles. The lowest BCUT2D eigenvalue weighted by atomic mass is 10.1. The maximum atomic E-state index is 13.6. The summed E-state index contributed by atoms with van der Waals surface area (Å²) in [6.45, 7) is 0.636. The van der Waals surface area contributed by atoms with Crippen LogP contribution in [0, 0.1) is 0 Å². The van der Waals surface area contributed by atoms with E-state index in [4.69, 9.17) is 15.3 Å². The van der Waals surface area contributed by atoms with E-state index in [0.29, 0.717) is 35.3 Å². The monoisotopic (exact) mass is 512 g/mol. The highest BCUT2D eigenvalue weighted by Gasteiger charge is 2.34. The SMILES string of the molecule is O=C(O)c1ccc(C(=O)N2CCC[C@H]2c2nc3ccccc3c(=O)n2Cc2ccc(C(=O)NO)cc2)cc1. The highest BCUT2D eigenvalue weighted by molar-refractivity contribution is 5.96. The average Bonchev–Trinajstić information content (AvgIpc) is 3.44. The van der Waals surface area contributed by atoms with Gasteiger partial charge in [0, 0.05) is 17.7 Å². The number of hydrogen-bond donors (Lipinski definition) is 3. The number of likely N-dealkylation sites (tertiary alicyclic amines) is 1. The lowest BCUT2D eigenvalue weighted by molar-refractivity contribution is 0.0690. The van der Waals surface area contributed by atoms with E-state index in [-0.39, 0.29) is 29.1 Å². The third-order valence-corrected chi connectivity index (χ3v) is 6.74. The smallest absolute Gasteiger partial charge is 0.335 e. The van der Waals surface area contributed by atoms with Gasteiger partial charge in [-0.3, -0.25) is 24.2 Å². The van der Waals surface area contributed by atoms with Gasteiger partial charge in [0.25, 0.3) is 17.4 Å². The Hall–Kier alpha value is -4.83. The fourth-order valence-corrected chi connectivity index (χ4v) is 4.80. The zero-order valence-corrected chi connectivity index (χ0v) is 20.2. The van der Waals surface area contributed by atoms with Gasteiger partial charge < -0.3 is 10.0 Å². The van der Waals surface area contributed by atoms with E-state index in [0.717, 1.165) is 12.0 Å². The van der Waals surface area contributed by atoms with E-state index < -0.39 is 17.9 Å². The minimum absolute atomic E-state index is 0.0899. The van der Waals surface area contributed by atoms with Crippen LogP contribution in [0.25, 0.3) is 10.9 Å². The summed E-state index contributed by atoms with van der Waals surface area (Å²) < 4.78 is 1.56. The minimum atomic E-state index is -1.07. The second-order valence-corrected chi connectivity index (χ2v) is 9.06. The summed E-state index contributed by atoms with van der Waals surface area (Å²) in [5, 5.41) is 18.5. The molecule has 10 nitrogen and oxygen atoms in total. The first-order valence-corrected chi connectivity index (χ1v) is 12.0. The zero-order valence-electron chi connectivity index (χ0n) is 20.2. The number of nitrogens with zero attached hydrogens (tertiary/aromatic N) is 3. The van der Waals surface area contributed by atoms with E-state index in [1.807, 2.05) is 0 Å². The van der Waals surface area contributed by atoms with Gasteiger partial charge in [0.05, 0.1) is 29.1 Å². The highest BCUT2D eigenvalue weighted by Crippen LogP contribution is 2.33. The Balaban J connectivity index is 1.55. The standard InChI is InChI=1S/C28H24N4O6/c33-25(30-38)18-9-7-17(8-10-18)16-32-24(29-22-5-2-1-4-21(22)27(32)35)23-6-3-15-31(23)26(34)19-11-13-20(14-12-19)28(36)37/h1-2,4-5,7-14,23,38H,3,6,15-16H2,(H,30,33)(H,36,37)/t23-/m0/s1. The van der Waals surface area contributed by atoms with E-state index in [9.17, 15) is 19.2 Å². The summed E-state index contributed by atoms with van der Waals surface area (Å²) in [6.07, 6.45) is 1.33. The molecule has 5 rings (SSSR count). The Kier molecular flexibility index (Phi) is 6.71. The van der Waals surface area contributed by atoms with Crippen molar-refractivity contribution >= 4 is 28.7 Å². The molecule has 38 heavy (non-hydrogen) atoms. The molecule has 0 unspecified atom stereocenters. The average molecular weight is 513 g/mol. The number of carboxylic acid groups (broad SMARTS) is 1. The van der Waals surface area contributed by atoms with Gasteiger partial charge in [-0.25, -0.2) is 15.3 Å². The van der Waals surface area contributed by atoms with Crippen molar-refractivity contribution < 1.29 is 24.7 Å². The van der Waals surface area contributed by atoms with Crippen molar-refractivity contribution in [3.05, 3.63) is 111 Å². The molecule has 1 aliphatic heterocycles. The van der Waals surface area contributed by atoms with Crippen molar-refractivity contribution in [1.29, 1.82) is 0 Å².